The maximum absolute atomic E-state index is 10.7. The van der Waals surface area contributed by atoms with Gasteiger partial charge in [0, 0.05) is 24.1 Å². The molecule has 29 heavy (non-hydrogen) atoms. The fraction of sp³-hybridized carbons (Fsp3) is 0.455. The third kappa shape index (κ3) is 4.58. The number of aliphatic hydroxyl groups is 3. The molecular formula is C22H27ClO6. The zero-order valence-electron chi connectivity index (χ0n) is 16.5. The van der Waals surface area contributed by atoms with Crippen LogP contribution < -0.4 is 4.74 Å². The predicted molar refractivity (Wildman–Crippen MR) is 109 cm³/mol. The highest BCUT2D eigenvalue weighted by molar-refractivity contribution is 6.31. The molecule has 0 spiro atoms. The van der Waals surface area contributed by atoms with Crippen LogP contribution in [-0.4, -0.2) is 54.0 Å². The van der Waals surface area contributed by atoms with Gasteiger partial charge in [-0.3, -0.25) is 0 Å². The molecule has 0 bridgehead atoms. The second-order valence-corrected chi connectivity index (χ2v) is 7.51. The van der Waals surface area contributed by atoms with Crippen LogP contribution in [0.25, 0.3) is 0 Å². The molecule has 158 valence electrons. The number of hydrogen-bond donors (Lipinski definition) is 3. The summed E-state index contributed by atoms with van der Waals surface area (Å²) in [7, 11) is 1.40. The average Bonchev–Trinajstić information content (AvgIpc) is 2.73. The summed E-state index contributed by atoms with van der Waals surface area (Å²) in [4.78, 5) is 0. The maximum atomic E-state index is 10.7. The molecule has 0 unspecified atom stereocenters. The van der Waals surface area contributed by atoms with E-state index in [0.29, 0.717) is 23.6 Å². The van der Waals surface area contributed by atoms with Crippen molar-refractivity contribution in [2.75, 3.05) is 20.3 Å². The number of methoxy groups -OCH3 is 1. The summed E-state index contributed by atoms with van der Waals surface area (Å²) in [5.74, 6) is -0.791. The van der Waals surface area contributed by atoms with E-state index in [2.05, 4.69) is 0 Å². The predicted octanol–water partition coefficient (Wildman–Crippen LogP) is 2.63. The molecule has 1 heterocycles. The average molecular weight is 423 g/mol. The highest BCUT2D eigenvalue weighted by Crippen LogP contribution is 2.40. The van der Waals surface area contributed by atoms with Crippen LogP contribution in [0.4, 0.5) is 0 Å². The Hall–Kier alpha value is -1.67. The molecule has 2 aromatic rings. The molecule has 1 fully saturated rings. The largest absolute Gasteiger partial charge is 0.494 e. The molecule has 3 rings (SSSR count). The van der Waals surface area contributed by atoms with Crippen molar-refractivity contribution in [2.45, 2.75) is 43.9 Å². The summed E-state index contributed by atoms with van der Waals surface area (Å²) in [5, 5.41) is 31.0. The topological polar surface area (TPSA) is 88.4 Å². The van der Waals surface area contributed by atoms with E-state index >= 15 is 0 Å². The number of hydrogen-bond acceptors (Lipinski definition) is 6. The Morgan fingerprint density at radius 3 is 2.52 bits per heavy atom. The van der Waals surface area contributed by atoms with Crippen LogP contribution in [0.3, 0.4) is 0 Å². The summed E-state index contributed by atoms with van der Waals surface area (Å²) in [6, 6.07) is 13.0. The van der Waals surface area contributed by atoms with Gasteiger partial charge in [-0.2, -0.15) is 0 Å². The molecule has 6 nitrogen and oxygen atoms in total. The highest BCUT2D eigenvalue weighted by Gasteiger charge is 2.51. The summed E-state index contributed by atoms with van der Waals surface area (Å²) in [6.45, 7) is 2.25. The van der Waals surface area contributed by atoms with Gasteiger partial charge in [-0.15, -0.1) is 0 Å². The monoisotopic (exact) mass is 422 g/mol. The minimum Gasteiger partial charge on any atom is -0.494 e. The number of halogens is 1. The van der Waals surface area contributed by atoms with Crippen molar-refractivity contribution < 1.29 is 29.5 Å². The summed E-state index contributed by atoms with van der Waals surface area (Å²) < 4.78 is 16.9. The van der Waals surface area contributed by atoms with Gasteiger partial charge >= 0.3 is 0 Å². The van der Waals surface area contributed by atoms with E-state index < -0.39 is 24.1 Å². The normalized spacial score (nSPS) is 27.0. The van der Waals surface area contributed by atoms with E-state index in [-0.39, 0.29) is 13.0 Å². The summed E-state index contributed by atoms with van der Waals surface area (Å²) in [5.41, 5.74) is 2.38. The Balaban J connectivity index is 1.92. The maximum Gasteiger partial charge on any atom is 0.224 e. The second kappa shape index (κ2) is 9.43. The summed E-state index contributed by atoms with van der Waals surface area (Å²) in [6.07, 6.45) is -2.38. The lowest BCUT2D eigenvalue weighted by atomic mass is 9.88. The molecule has 4 atom stereocenters. The van der Waals surface area contributed by atoms with Crippen LogP contribution in [0.5, 0.6) is 5.75 Å². The molecular weight excluding hydrogens is 396 g/mol. The first kappa shape index (κ1) is 22.0. The smallest absolute Gasteiger partial charge is 0.224 e. The second-order valence-electron chi connectivity index (χ2n) is 7.10. The number of ether oxygens (including phenoxy) is 3. The fourth-order valence-electron chi connectivity index (χ4n) is 3.67. The first-order valence-corrected chi connectivity index (χ1v) is 10.0. The van der Waals surface area contributed by atoms with E-state index in [9.17, 15) is 15.3 Å². The van der Waals surface area contributed by atoms with E-state index in [4.69, 9.17) is 25.8 Å². The van der Waals surface area contributed by atoms with Crippen LogP contribution >= 0.6 is 11.6 Å². The first-order valence-electron chi connectivity index (χ1n) is 9.64. The van der Waals surface area contributed by atoms with E-state index in [0.717, 1.165) is 16.9 Å². The van der Waals surface area contributed by atoms with Gasteiger partial charge in [0.1, 0.15) is 11.9 Å². The van der Waals surface area contributed by atoms with Crippen LogP contribution in [0.15, 0.2) is 42.5 Å². The van der Waals surface area contributed by atoms with Gasteiger partial charge in [-0.1, -0.05) is 29.8 Å². The Kier molecular flexibility index (Phi) is 7.16. The standard InChI is InChI=1S/C22H27ClO6/c1-3-28-17-7-4-14(5-8-17)10-15-11-16(6-9-19(15)23)22(27-2)21(26)20(25)12-18(13-24)29-22/h4-9,11,18,20-21,24-26H,3,10,12-13H2,1-2H3/t18-,20-,21+,22-/m0/s1. The zero-order chi connectivity index (χ0) is 21.0. The Morgan fingerprint density at radius 2 is 1.90 bits per heavy atom. The van der Waals surface area contributed by atoms with Gasteiger partial charge in [0.25, 0.3) is 0 Å². The van der Waals surface area contributed by atoms with Crippen molar-refractivity contribution in [2.24, 2.45) is 0 Å². The SMILES string of the molecule is CCOc1ccc(Cc2cc([C@]3(OC)O[C@H](CO)C[C@H](O)[C@H]3O)ccc2Cl)cc1. The third-order valence-corrected chi connectivity index (χ3v) is 5.55. The van der Waals surface area contributed by atoms with Crippen LogP contribution in [0.1, 0.15) is 30.0 Å². The van der Waals surface area contributed by atoms with Crippen molar-refractivity contribution in [3.63, 3.8) is 0 Å². The fourth-order valence-corrected chi connectivity index (χ4v) is 3.86. The molecule has 0 aromatic heterocycles. The number of rotatable bonds is 7. The lowest BCUT2D eigenvalue weighted by molar-refractivity contribution is -0.344. The molecule has 2 aromatic carbocycles. The summed E-state index contributed by atoms with van der Waals surface area (Å²) >= 11 is 6.42. The molecule has 7 heteroatoms. The lowest BCUT2D eigenvalue weighted by Gasteiger charge is -2.45. The molecule has 0 radical (unpaired) electrons. The van der Waals surface area contributed by atoms with Crippen LogP contribution in [-0.2, 0) is 21.7 Å². The minimum atomic E-state index is -1.59. The third-order valence-electron chi connectivity index (χ3n) is 5.18. The van der Waals surface area contributed by atoms with E-state index in [1.165, 1.54) is 7.11 Å². The van der Waals surface area contributed by atoms with Crippen molar-refractivity contribution in [1.29, 1.82) is 0 Å². The number of aliphatic hydroxyl groups excluding tert-OH is 3. The molecule has 0 saturated carbocycles. The molecule has 1 saturated heterocycles. The van der Waals surface area contributed by atoms with Crippen LogP contribution in [0, 0.1) is 0 Å². The van der Waals surface area contributed by atoms with Crippen LogP contribution in [0.2, 0.25) is 5.02 Å². The minimum absolute atomic E-state index is 0.120. The Morgan fingerprint density at radius 1 is 1.17 bits per heavy atom. The Labute approximate surface area is 175 Å². The van der Waals surface area contributed by atoms with Crippen molar-refractivity contribution in [3.8, 4) is 5.75 Å². The number of benzene rings is 2. The molecule has 1 aliphatic heterocycles. The van der Waals surface area contributed by atoms with Crippen molar-refractivity contribution in [3.05, 3.63) is 64.2 Å². The zero-order valence-corrected chi connectivity index (χ0v) is 17.3. The first-order chi connectivity index (χ1) is 13.9. The Bertz CT molecular complexity index is 811. The van der Waals surface area contributed by atoms with Gasteiger partial charge in [0.2, 0.25) is 5.79 Å². The van der Waals surface area contributed by atoms with Gasteiger partial charge in [-0.05, 0) is 48.7 Å². The molecule has 0 amide bonds. The molecule has 3 N–H and O–H groups in total. The molecule has 0 aliphatic carbocycles. The van der Waals surface area contributed by atoms with Gasteiger partial charge in [0.15, 0.2) is 0 Å². The van der Waals surface area contributed by atoms with E-state index in [1.54, 1.807) is 18.2 Å². The lowest BCUT2D eigenvalue weighted by Crippen LogP contribution is -2.57. The van der Waals surface area contributed by atoms with Crippen molar-refractivity contribution in [1.82, 2.24) is 0 Å². The quantitative estimate of drug-likeness (QED) is 0.635. The van der Waals surface area contributed by atoms with Crippen molar-refractivity contribution >= 4 is 11.6 Å². The van der Waals surface area contributed by atoms with Gasteiger partial charge in [-0.25, -0.2) is 0 Å². The van der Waals surface area contributed by atoms with E-state index in [1.807, 2.05) is 31.2 Å². The molecule has 1 aliphatic rings. The van der Waals surface area contributed by atoms with Gasteiger partial charge < -0.3 is 29.5 Å². The highest BCUT2D eigenvalue weighted by atomic mass is 35.5. The van der Waals surface area contributed by atoms with Gasteiger partial charge in [0.05, 0.1) is 25.4 Å².